The van der Waals surface area contributed by atoms with E-state index in [1.807, 2.05) is 33.0 Å². The van der Waals surface area contributed by atoms with Crippen LogP contribution in [0.15, 0.2) is 24.3 Å². The molecule has 1 N–H and O–H groups in total. The minimum Gasteiger partial charge on any atom is -0.316 e. The van der Waals surface area contributed by atoms with E-state index in [9.17, 15) is 0 Å². The van der Waals surface area contributed by atoms with Gasteiger partial charge in [-0.2, -0.15) is 0 Å². The van der Waals surface area contributed by atoms with Crippen molar-refractivity contribution in [3.05, 3.63) is 46.8 Å². The SMILES string of the molecule is CNCc1c(C)nc(-c2ccccc2C)nc1C. The highest BCUT2D eigenvalue weighted by atomic mass is 14.9. The van der Waals surface area contributed by atoms with Crippen LogP contribution in [0.3, 0.4) is 0 Å². The molecule has 2 rings (SSSR count). The lowest BCUT2D eigenvalue weighted by Crippen LogP contribution is -2.11. The molecule has 1 aromatic carbocycles. The molecule has 1 aromatic heterocycles. The predicted octanol–water partition coefficient (Wildman–Crippen LogP) is 2.79. The van der Waals surface area contributed by atoms with Gasteiger partial charge in [0.2, 0.25) is 0 Å². The summed E-state index contributed by atoms with van der Waals surface area (Å²) in [5, 5.41) is 3.16. The molecule has 18 heavy (non-hydrogen) atoms. The fourth-order valence-corrected chi connectivity index (χ4v) is 2.12. The molecule has 0 amide bonds. The summed E-state index contributed by atoms with van der Waals surface area (Å²) in [5.41, 5.74) is 5.61. The van der Waals surface area contributed by atoms with E-state index in [1.54, 1.807) is 0 Å². The average Bonchev–Trinajstić information content (AvgIpc) is 2.34. The average molecular weight is 241 g/mol. The topological polar surface area (TPSA) is 37.8 Å². The van der Waals surface area contributed by atoms with Gasteiger partial charge < -0.3 is 5.32 Å². The van der Waals surface area contributed by atoms with Crippen LogP contribution in [-0.2, 0) is 6.54 Å². The Morgan fingerprint density at radius 2 is 1.61 bits per heavy atom. The molecule has 0 aliphatic heterocycles. The van der Waals surface area contributed by atoms with E-state index in [0.29, 0.717) is 0 Å². The Balaban J connectivity index is 2.52. The molecule has 0 bridgehead atoms. The third-order valence-corrected chi connectivity index (χ3v) is 3.16. The van der Waals surface area contributed by atoms with Crippen molar-refractivity contribution in [2.75, 3.05) is 7.05 Å². The number of benzene rings is 1. The van der Waals surface area contributed by atoms with Crippen LogP contribution in [0.25, 0.3) is 11.4 Å². The van der Waals surface area contributed by atoms with Crippen LogP contribution in [0.5, 0.6) is 0 Å². The second kappa shape index (κ2) is 5.27. The van der Waals surface area contributed by atoms with Gasteiger partial charge in [-0.15, -0.1) is 0 Å². The maximum atomic E-state index is 4.63. The van der Waals surface area contributed by atoms with Crippen LogP contribution in [0.4, 0.5) is 0 Å². The van der Waals surface area contributed by atoms with Gasteiger partial charge >= 0.3 is 0 Å². The normalized spacial score (nSPS) is 10.7. The number of nitrogens with zero attached hydrogens (tertiary/aromatic N) is 2. The summed E-state index contributed by atoms with van der Waals surface area (Å²) in [6.07, 6.45) is 0. The molecule has 1 heterocycles. The fourth-order valence-electron chi connectivity index (χ4n) is 2.12. The van der Waals surface area contributed by atoms with Crippen LogP contribution in [0.1, 0.15) is 22.5 Å². The minimum atomic E-state index is 0.811. The van der Waals surface area contributed by atoms with Crippen molar-refractivity contribution in [2.24, 2.45) is 0 Å². The number of aromatic nitrogens is 2. The van der Waals surface area contributed by atoms with Gasteiger partial charge in [-0.05, 0) is 33.4 Å². The Kier molecular flexibility index (Phi) is 3.72. The first-order valence-electron chi connectivity index (χ1n) is 6.18. The monoisotopic (exact) mass is 241 g/mol. The maximum absolute atomic E-state index is 4.63. The lowest BCUT2D eigenvalue weighted by molar-refractivity contribution is 0.787. The number of rotatable bonds is 3. The van der Waals surface area contributed by atoms with Crippen LogP contribution in [0.2, 0.25) is 0 Å². The summed E-state index contributed by atoms with van der Waals surface area (Å²) >= 11 is 0. The molecule has 0 spiro atoms. The zero-order valence-corrected chi connectivity index (χ0v) is 11.4. The molecule has 3 nitrogen and oxygen atoms in total. The summed E-state index contributed by atoms with van der Waals surface area (Å²) in [6.45, 7) is 6.99. The first kappa shape index (κ1) is 12.7. The third-order valence-electron chi connectivity index (χ3n) is 3.16. The lowest BCUT2D eigenvalue weighted by atomic mass is 10.1. The van der Waals surface area contributed by atoms with E-state index in [0.717, 1.165) is 29.3 Å². The molecule has 0 radical (unpaired) electrons. The highest BCUT2D eigenvalue weighted by molar-refractivity contribution is 5.60. The van der Waals surface area contributed by atoms with Gasteiger partial charge in [0.25, 0.3) is 0 Å². The van der Waals surface area contributed by atoms with Gasteiger partial charge in [0.05, 0.1) is 0 Å². The van der Waals surface area contributed by atoms with Gasteiger partial charge in [0, 0.05) is 29.1 Å². The van der Waals surface area contributed by atoms with Gasteiger partial charge in [-0.25, -0.2) is 9.97 Å². The molecule has 0 saturated carbocycles. The van der Waals surface area contributed by atoms with E-state index in [4.69, 9.17) is 0 Å². The molecule has 0 unspecified atom stereocenters. The first-order valence-corrected chi connectivity index (χ1v) is 6.18. The summed E-state index contributed by atoms with van der Waals surface area (Å²) in [7, 11) is 1.94. The molecule has 0 atom stereocenters. The van der Waals surface area contributed by atoms with Crippen LogP contribution in [-0.4, -0.2) is 17.0 Å². The molecule has 0 saturated heterocycles. The molecular formula is C15H19N3. The maximum Gasteiger partial charge on any atom is 0.159 e. The predicted molar refractivity (Wildman–Crippen MR) is 74.4 cm³/mol. The Bertz CT molecular complexity index is 538. The highest BCUT2D eigenvalue weighted by Gasteiger charge is 2.10. The van der Waals surface area contributed by atoms with Crippen molar-refractivity contribution in [3.8, 4) is 11.4 Å². The summed E-state index contributed by atoms with van der Waals surface area (Å²) in [6, 6.07) is 8.22. The van der Waals surface area contributed by atoms with Crippen LogP contribution < -0.4 is 5.32 Å². The molecule has 3 heteroatoms. The second-order valence-electron chi connectivity index (χ2n) is 4.54. The minimum absolute atomic E-state index is 0.811. The van der Waals surface area contributed by atoms with Crippen LogP contribution in [0, 0.1) is 20.8 Å². The van der Waals surface area contributed by atoms with Crippen molar-refractivity contribution in [1.29, 1.82) is 0 Å². The molecule has 0 aliphatic rings. The smallest absolute Gasteiger partial charge is 0.159 e. The zero-order valence-electron chi connectivity index (χ0n) is 11.4. The third kappa shape index (κ3) is 2.41. The van der Waals surface area contributed by atoms with Gasteiger partial charge in [-0.1, -0.05) is 24.3 Å². The van der Waals surface area contributed by atoms with Crippen molar-refractivity contribution in [1.82, 2.24) is 15.3 Å². The van der Waals surface area contributed by atoms with Crippen LogP contribution >= 0.6 is 0 Å². The standard InChI is InChI=1S/C15H19N3/c1-10-7-5-6-8-13(10)15-17-11(2)14(9-16-4)12(3)18-15/h5-8,16H,9H2,1-4H3. The largest absolute Gasteiger partial charge is 0.316 e. The van der Waals surface area contributed by atoms with E-state index >= 15 is 0 Å². The summed E-state index contributed by atoms with van der Waals surface area (Å²) in [5.74, 6) is 0.822. The number of hydrogen-bond donors (Lipinski definition) is 1. The van der Waals surface area contributed by atoms with E-state index in [2.05, 4.69) is 34.3 Å². The second-order valence-corrected chi connectivity index (χ2v) is 4.54. The summed E-state index contributed by atoms with van der Waals surface area (Å²) in [4.78, 5) is 9.27. The van der Waals surface area contributed by atoms with Crippen molar-refractivity contribution in [3.63, 3.8) is 0 Å². The van der Waals surface area contributed by atoms with Crippen molar-refractivity contribution < 1.29 is 0 Å². The zero-order chi connectivity index (χ0) is 13.1. The van der Waals surface area contributed by atoms with E-state index in [-0.39, 0.29) is 0 Å². The quantitative estimate of drug-likeness (QED) is 0.898. The highest BCUT2D eigenvalue weighted by Crippen LogP contribution is 2.21. The van der Waals surface area contributed by atoms with Gasteiger partial charge in [0.1, 0.15) is 0 Å². The lowest BCUT2D eigenvalue weighted by Gasteiger charge is -2.11. The van der Waals surface area contributed by atoms with Crippen molar-refractivity contribution in [2.45, 2.75) is 27.3 Å². The molecule has 94 valence electrons. The van der Waals surface area contributed by atoms with E-state index in [1.165, 1.54) is 11.1 Å². The molecule has 0 aliphatic carbocycles. The Morgan fingerprint density at radius 1 is 1.00 bits per heavy atom. The number of aryl methyl sites for hydroxylation is 3. The first-order chi connectivity index (χ1) is 8.63. The number of nitrogens with one attached hydrogen (secondary N) is 1. The Labute approximate surface area is 108 Å². The Morgan fingerprint density at radius 3 is 2.17 bits per heavy atom. The molecule has 2 aromatic rings. The molecular weight excluding hydrogens is 222 g/mol. The fraction of sp³-hybridized carbons (Fsp3) is 0.333. The van der Waals surface area contributed by atoms with Crippen molar-refractivity contribution >= 4 is 0 Å². The van der Waals surface area contributed by atoms with Gasteiger partial charge in [0.15, 0.2) is 5.82 Å². The number of hydrogen-bond acceptors (Lipinski definition) is 3. The van der Waals surface area contributed by atoms with Gasteiger partial charge in [-0.3, -0.25) is 0 Å². The molecule has 0 fully saturated rings. The Hall–Kier alpha value is -1.74. The van der Waals surface area contributed by atoms with E-state index < -0.39 is 0 Å². The summed E-state index contributed by atoms with van der Waals surface area (Å²) < 4.78 is 0.